The Morgan fingerprint density at radius 1 is 1.32 bits per heavy atom. The van der Waals surface area contributed by atoms with Crippen LogP contribution in [0.3, 0.4) is 0 Å². The number of benzene rings is 1. The van der Waals surface area contributed by atoms with E-state index in [1.165, 1.54) is 0 Å². The van der Waals surface area contributed by atoms with Crippen molar-refractivity contribution in [3.8, 4) is 5.75 Å². The van der Waals surface area contributed by atoms with Crippen LogP contribution in [0.4, 0.5) is 5.69 Å². The lowest BCUT2D eigenvalue weighted by molar-refractivity contribution is -0.384. The van der Waals surface area contributed by atoms with Gasteiger partial charge in [0.25, 0.3) is 5.69 Å². The minimum Gasteiger partial charge on any atom is -0.652 e. The van der Waals surface area contributed by atoms with E-state index in [9.17, 15) is 24.7 Å². The molecule has 8 nitrogen and oxygen atoms in total. The standard InChI is InChI=1S/C10H12NO7P/c1-2-17-10(12)7-19(15,16)18-9-5-3-8(4-6-9)11(13)14/h3-6H,2,7H2,1H3,(H,15,16)/p-1. The highest BCUT2D eigenvalue weighted by Gasteiger charge is 2.22. The first-order valence-electron chi connectivity index (χ1n) is 5.24. The molecule has 0 aliphatic carbocycles. The largest absolute Gasteiger partial charge is 0.652 e. The van der Waals surface area contributed by atoms with Crippen molar-refractivity contribution in [2.24, 2.45) is 0 Å². The molecule has 1 aromatic carbocycles. The number of nitro benzene ring substituents is 1. The Bertz CT molecular complexity index is 459. The van der Waals surface area contributed by atoms with E-state index in [0.717, 1.165) is 24.3 Å². The molecule has 0 saturated carbocycles. The van der Waals surface area contributed by atoms with E-state index < -0.39 is 25.0 Å². The fourth-order valence-corrected chi connectivity index (χ4v) is 2.10. The van der Waals surface area contributed by atoms with Crippen molar-refractivity contribution in [2.75, 3.05) is 12.8 Å². The smallest absolute Gasteiger partial charge is 0.346 e. The van der Waals surface area contributed by atoms with Crippen LogP contribution in [-0.2, 0) is 9.53 Å². The van der Waals surface area contributed by atoms with E-state index in [4.69, 9.17) is 0 Å². The van der Waals surface area contributed by atoms with Gasteiger partial charge >= 0.3 is 5.97 Å². The third kappa shape index (κ3) is 5.17. The maximum absolute atomic E-state index is 11.5. The number of carbonyl (C=O) groups is 1. The molecule has 0 aliphatic rings. The zero-order chi connectivity index (χ0) is 14.5. The highest BCUT2D eigenvalue weighted by atomic mass is 31.2. The molecule has 0 unspecified atom stereocenters. The number of nitrogens with zero attached hydrogens (tertiary/aromatic N) is 1. The van der Waals surface area contributed by atoms with Gasteiger partial charge in [-0.05, 0) is 19.1 Å². The first-order chi connectivity index (χ1) is 8.84. The van der Waals surface area contributed by atoms with E-state index >= 15 is 0 Å². The third-order valence-corrected chi connectivity index (χ3v) is 3.05. The zero-order valence-electron chi connectivity index (χ0n) is 9.98. The molecule has 0 spiro atoms. The van der Waals surface area contributed by atoms with Crippen LogP contribution in [-0.4, -0.2) is 23.7 Å². The van der Waals surface area contributed by atoms with E-state index in [0.29, 0.717) is 0 Å². The van der Waals surface area contributed by atoms with Gasteiger partial charge in [0.05, 0.1) is 11.5 Å². The molecular formula is C10H11NO7P-. The molecule has 9 heteroatoms. The van der Waals surface area contributed by atoms with Gasteiger partial charge < -0.3 is 19.0 Å². The molecule has 1 aromatic rings. The second-order valence-electron chi connectivity index (χ2n) is 3.42. The van der Waals surface area contributed by atoms with E-state index in [1.807, 2.05) is 0 Å². The van der Waals surface area contributed by atoms with Crippen LogP contribution in [0.2, 0.25) is 0 Å². The van der Waals surface area contributed by atoms with Crippen LogP contribution < -0.4 is 14.3 Å². The molecule has 0 saturated heterocycles. The molecule has 0 amide bonds. The average molecular weight is 288 g/mol. The summed E-state index contributed by atoms with van der Waals surface area (Å²) in [6, 6.07) is 4.46. The van der Waals surface area contributed by atoms with Gasteiger partial charge in [0.15, 0.2) is 11.9 Å². The first kappa shape index (κ1) is 15.3. The van der Waals surface area contributed by atoms with Gasteiger partial charge in [0.1, 0.15) is 7.94 Å². The van der Waals surface area contributed by atoms with Crippen molar-refractivity contribution in [1.82, 2.24) is 0 Å². The predicted octanol–water partition coefficient (Wildman–Crippen LogP) is 0.0199. The topological polar surface area (TPSA) is 125 Å². The van der Waals surface area contributed by atoms with Gasteiger partial charge in [-0.1, -0.05) is 0 Å². The fourth-order valence-electron chi connectivity index (χ4n) is 1.19. The number of nitro groups is 1. The molecule has 0 aromatic heterocycles. The van der Waals surface area contributed by atoms with E-state index in [-0.39, 0.29) is 18.0 Å². The minimum atomic E-state index is -4.43. The Balaban J connectivity index is 2.66. The van der Waals surface area contributed by atoms with Crippen molar-refractivity contribution in [1.29, 1.82) is 0 Å². The summed E-state index contributed by atoms with van der Waals surface area (Å²) in [5, 5.41) is 10.4. The minimum absolute atomic E-state index is 0.0658. The second-order valence-corrected chi connectivity index (χ2v) is 5.14. The van der Waals surface area contributed by atoms with Gasteiger partial charge in [-0.25, -0.2) is 4.79 Å². The van der Waals surface area contributed by atoms with Crippen molar-refractivity contribution >= 4 is 19.6 Å². The predicted molar refractivity (Wildman–Crippen MR) is 62.1 cm³/mol. The number of non-ortho nitro benzene ring substituents is 1. The Labute approximate surface area is 109 Å². The fraction of sp³-hybridized carbons (Fsp3) is 0.300. The Morgan fingerprint density at radius 3 is 2.37 bits per heavy atom. The van der Waals surface area contributed by atoms with Gasteiger partial charge in [0.2, 0.25) is 0 Å². The molecule has 0 aliphatic heterocycles. The van der Waals surface area contributed by atoms with Gasteiger partial charge in [-0.15, -0.1) is 0 Å². The first-order valence-corrected chi connectivity index (χ1v) is 6.96. The normalized spacial score (nSPS) is 10.9. The number of ether oxygens (including phenoxy) is 1. The molecule has 0 heterocycles. The molecule has 0 atom stereocenters. The summed E-state index contributed by atoms with van der Waals surface area (Å²) in [4.78, 5) is 43.8. The van der Waals surface area contributed by atoms with Gasteiger partial charge in [-0.3, -0.25) is 10.1 Å². The summed E-state index contributed by atoms with van der Waals surface area (Å²) in [7, 11) is -4.43. The molecule has 104 valence electrons. The highest BCUT2D eigenvalue weighted by Crippen LogP contribution is 2.42. The Kier molecular flexibility index (Phi) is 5.17. The van der Waals surface area contributed by atoms with Crippen molar-refractivity contribution < 1.29 is 28.8 Å². The molecule has 19 heavy (non-hydrogen) atoms. The quantitative estimate of drug-likeness (QED) is 0.312. The summed E-state index contributed by atoms with van der Waals surface area (Å²) in [5.74, 6) is -1.02. The summed E-state index contributed by atoms with van der Waals surface area (Å²) in [6.07, 6.45) is -0.891. The monoisotopic (exact) mass is 288 g/mol. The molecule has 0 radical (unpaired) electrons. The lowest BCUT2D eigenvalue weighted by atomic mass is 10.3. The number of rotatable bonds is 6. The Hall–Kier alpha value is -1.76. The van der Waals surface area contributed by atoms with Crippen LogP contribution in [0, 0.1) is 10.1 Å². The third-order valence-electron chi connectivity index (χ3n) is 1.92. The Morgan fingerprint density at radius 2 is 1.89 bits per heavy atom. The number of carbonyl (C=O) groups excluding carboxylic acids is 1. The zero-order valence-corrected chi connectivity index (χ0v) is 10.9. The molecule has 0 N–H and O–H groups in total. The summed E-state index contributed by atoms with van der Waals surface area (Å²) >= 11 is 0. The highest BCUT2D eigenvalue weighted by molar-refractivity contribution is 7.58. The van der Waals surface area contributed by atoms with Crippen LogP contribution >= 0.6 is 7.94 Å². The maximum Gasteiger partial charge on any atom is 0.346 e. The van der Waals surface area contributed by atoms with Crippen LogP contribution in [0.15, 0.2) is 24.3 Å². The molecular weight excluding hydrogens is 277 g/mol. The number of esters is 1. The van der Waals surface area contributed by atoms with Gasteiger partial charge in [-0.2, -0.15) is 0 Å². The number of hydrogen-bond donors (Lipinski definition) is 0. The summed E-state index contributed by atoms with van der Waals surface area (Å²) in [5.41, 5.74) is -0.196. The van der Waals surface area contributed by atoms with Crippen LogP contribution in [0.25, 0.3) is 0 Å². The SMILES string of the molecule is CCOC(=O)C[P+]([O-])([O-])Oc1ccc([N+](=O)[O-])cc1. The molecule has 0 fully saturated rings. The summed E-state index contributed by atoms with van der Waals surface area (Å²) < 4.78 is 9.12. The van der Waals surface area contributed by atoms with E-state index in [2.05, 4.69) is 9.26 Å². The summed E-state index contributed by atoms with van der Waals surface area (Å²) in [6.45, 7) is 1.61. The van der Waals surface area contributed by atoms with E-state index in [1.54, 1.807) is 6.92 Å². The molecule has 0 bridgehead atoms. The maximum atomic E-state index is 11.5. The van der Waals surface area contributed by atoms with Crippen molar-refractivity contribution in [2.45, 2.75) is 6.92 Å². The van der Waals surface area contributed by atoms with Gasteiger partial charge in [0, 0.05) is 12.1 Å². The lowest BCUT2D eigenvalue weighted by Gasteiger charge is -2.32. The van der Waals surface area contributed by atoms with Crippen LogP contribution in [0.1, 0.15) is 6.92 Å². The second kappa shape index (κ2) is 6.42. The lowest BCUT2D eigenvalue weighted by Crippen LogP contribution is -2.33. The van der Waals surface area contributed by atoms with Crippen molar-refractivity contribution in [3.63, 3.8) is 0 Å². The number of hydrogen-bond acceptors (Lipinski definition) is 7. The average Bonchev–Trinajstić information content (AvgIpc) is 2.28. The van der Waals surface area contributed by atoms with Crippen molar-refractivity contribution in [3.05, 3.63) is 34.4 Å². The van der Waals surface area contributed by atoms with Crippen LogP contribution in [0.5, 0.6) is 5.75 Å². The molecule has 1 rings (SSSR count).